The Kier molecular flexibility index (Phi) is 6.02. The summed E-state index contributed by atoms with van der Waals surface area (Å²) in [6.45, 7) is 5.90. The van der Waals surface area contributed by atoms with E-state index in [9.17, 15) is 4.79 Å². The third-order valence-corrected chi connectivity index (χ3v) is 7.13. The quantitative estimate of drug-likeness (QED) is 0.786. The van der Waals surface area contributed by atoms with Crippen LogP contribution in [0.4, 0.5) is 22.9 Å². The Labute approximate surface area is 189 Å². The van der Waals surface area contributed by atoms with Crippen molar-refractivity contribution in [3.63, 3.8) is 0 Å². The van der Waals surface area contributed by atoms with Gasteiger partial charge in [0.2, 0.25) is 5.91 Å². The number of rotatable bonds is 3. The Bertz CT molecular complexity index is 975. The maximum Gasteiger partial charge on any atom is 0.230 e. The summed E-state index contributed by atoms with van der Waals surface area (Å²) >= 11 is 0. The number of nitrogens with zero attached hydrogens (tertiary/aromatic N) is 3. The van der Waals surface area contributed by atoms with Crippen LogP contribution in [0.3, 0.4) is 0 Å². The minimum Gasteiger partial charge on any atom is -0.381 e. The van der Waals surface area contributed by atoms with E-state index in [0.717, 1.165) is 74.0 Å². The van der Waals surface area contributed by atoms with Gasteiger partial charge in [-0.3, -0.25) is 4.79 Å². The molecule has 2 fully saturated rings. The van der Waals surface area contributed by atoms with E-state index < -0.39 is 0 Å². The lowest BCUT2D eigenvalue weighted by Gasteiger charge is -2.36. The predicted molar refractivity (Wildman–Crippen MR) is 125 cm³/mol. The van der Waals surface area contributed by atoms with Crippen LogP contribution in [0.1, 0.15) is 31.7 Å². The minimum atomic E-state index is 0.00881. The second-order valence-corrected chi connectivity index (χ2v) is 9.12. The van der Waals surface area contributed by atoms with E-state index in [1.165, 1.54) is 0 Å². The smallest absolute Gasteiger partial charge is 0.230 e. The summed E-state index contributed by atoms with van der Waals surface area (Å²) in [6, 6.07) is 10.3. The largest absolute Gasteiger partial charge is 0.381 e. The highest BCUT2D eigenvalue weighted by Gasteiger charge is 2.36. The molecule has 3 heterocycles. The van der Waals surface area contributed by atoms with Gasteiger partial charge >= 0.3 is 0 Å². The molecule has 1 saturated heterocycles. The summed E-state index contributed by atoms with van der Waals surface area (Å²) in [5, 5.41) is 3.48. The van der Waals surface area contributed by atoms with E-state index in [1.54, 1.807) is 13.3 Å². The molecule has 3 aliphatic rings. The lowest BCUT2D eigenvalue weighted by atomic mass is 9.79. The first kappa shape index (κ1) is 21.2. The van der Waals surface area contributed by atoms with Crippen molar-refractivity contribution in [2.45, 2.75) is 38.8 Å². The Balaban J connectivity index is 1.50. The lowest BCUT2D eigenvalue weighted by Crippen LogP contribution is -2.40. The van der Waals surface area contributed by atoms with Crippen molar-refractivity contribution in [1.82, 2.24) is 4.98 Å². The number of aromatic nitrogens is 1. The second kappa shape index (κ2) is 9.08. The third-order valence-electron chi connectivity index (χ3n) is 7.13. The number of carbonyl (C=O) groups is 1. The Morgan fingerprint density at radius 1 is 1.22 bits per heavy atom. The van der Waals surface area contributed by atoms with Crippen molar-refractivity contribution >= 4 is 28.8 Å². The lowest BCUT2D eigenvalue weighted by molar-refractivity contribution is -0.125. The van der Waals surface area contributed by atoms with Gasteiger partial charge in [0.1, 0.15) is 5.82 Å². The molecule has 1 N–H and O–H groups in total. The molecule has 1 aromatic carbocycles. The zero-order chi connectivity index (χ0) is 22.1. The van der Waals surface area contributed by atoms with Gasteiger partial charge in [-0.2, -0.15) is 0 Å². The topological polar surface area (TPSA) is 66.9 Å². The standard InChI is InChI=1S/C25H32N4O3/c1-17-14-18(5-8-23(17)31-2)25(30)29-16-19-4-3-9-26-24(19)27-21-7-6-20(15-22(21)29)28-10-12-32-13-11-28/h3-4,6-7,9,15,17-18,23H,5,8,10-14,16H2,1-2H3,(H,26,27)/t17-,18+,23+/m0/s1. The fourth-order valence-corrected chi connectivity index (χ4v) is 5.29. The number of anilines is 4. The SMILES string of the molecule is CO[C@@H]1CC[C@@H](C(=O)N2Cc3cccnc3Nc3ccc(N4CCOCC4)cc32)C[C@@H]1C. The number of fused-ring (bicyclic) bond motifs is 2. The third kappa shape index (κ3) is 4.07. The van der Waals surface area contributed by atoms with Crippen LogP contribution in [0, 0.1) is 11.8 Å². The Hall–Kier alpha value is -2.64. The van der Waals surface area contributed by atoms with Crippen LogP contribution in [0.5, 0.6) is 0 Å². The van der Waals surface area contributed by atoms with Gasteiger partial charge in [0, 0.05) is 43.6 Å². The Morgan fingerprint density at radius 2 is 2.06 bits per heavy atom. The van der Waals surface area contributed by atoms with Gasteiger partial charge in [-0.25, -0.2) is 4.98 Å². The normalized spacial score (nSPS) is 25.4. The summed E-state index contributed by atoms with van der Waals surface area (Å²) in [7, 11) is 1.77. The molecule has 0 radical (unpaired) electrons. The molecule has 1 saturated carbocycles. The number of pyridine rings is 1. The number of hydrogen-bond acceptors (Lipinski definition) is 6. The fraction of sp³-hybridized carbons (Fsp3) is 0.520. The van der Waals surface area contributed by atoms with Crippen molar-refractivity contribution in [2.75, 3.05) is 48.5 Å². The van der Waals surface area contributed by atoms with Crippen molar-refractivity contribution in [3.8, 4) is 0 Å². The molecule has 2 aromatic rings. The van der Waals surface area contributed by atoms with E-state index in [2.05, 4.69) is 46.4 Å². The summed E-state index contributed by atoms with van der Waals surface area (Å²) in [4.78, 5) is 22.8. The van der Waals surface area contributed by atoms with Crippen LogP contribution in [0.25, 0.3) is 0 Å². The van der Waals surface area contributed by atoms with Gasteiger partial charge in [0.25, 0.3) is 0 Å². The molecule has 2 aliphatic heterocycles. The zero-order valence-electron chi connectivity index (χ0n) is 18.9. The molecule has 0 bridgehead atoms. The van der Waals surface area contributed by atoms with Gasteiger partial charge in [0.15, 0.2) is 0 Å². The van der Waals surface area contributed by atoms with Crippen LogP contribution in [0.2, 0.25) is 0 Å². The molecule has 5 rings (SSSR count). The maximum atomic E-state index is 13.9. The van der Waals surface area contributed by atoms with Crippen LogP contribution in [-0.2, 0) is 20.8 Å². The van der Waals surface area contributed by atoms with E-state index in [-0.39, 0.29) is 17.9 Å². The molecule has 1 aliphatic carbocycles. The molecule has 170 valence electrons. The van der Waals surface area contributed by atoms with Crippen LogP contribution in [-0.4, -0.2) is 50.4 Å². The number of benzene rings is 1. The maximum absolute atomic E-state index is 13.9. The van der Waals surface area contributed by atoms with Crippen LogP contribution in [0.15, 0.2) is 36.5 Å². The average Bonchev–Trinajstić information content (AvgIpc) is 3.00. The zero-order valence-corrected chi connectivity index (χ0v) is 18.9. The first-order valence-electron chi connectivity index (χ1n) is 11.7. The first-order valence-corrected chi connectivity index (χ1v) is 11.7. The summed E-state index contributed by atoms with van der Waals surface area (Å²) < 4.78 is 11.1. The summed E-state index contributed by atoms with van der Waals surface area (Å²) in [6.07, 6.45) is 4.69. The van der Waals surface area contributed by atoms with Crippen molar-refractivity contribution < 1.29 is 14.3 Å². The molecule has 1 aromatic heterocycles. The number of carbonyl (C=O) groups excluding carboxylic acids is 1. The van der Waals surface area contributed by atoms with Gasteiger partial charge in [-0.05, 0) is 49.4 Å². The van der Waals surface area contributed by atoms with Crippen LogP contribution >= 0.6 is 0 Å². The number of hydrogen-bond donors (Lipinski definition) is 1. The molecule has 0 unspecified atom stereocenters. The molecule has 7 heteroatoms. The molecular weight excluding hydrogens is 404 g/mol. The van der Waals surface area contributed by atoms with E-state index in [1.807, 2.05) is 11.0 Å². The van der Waals surface area contributed by atoms with Gasteiger partial charge in [0.05, 0.1) is 37.2 Å². The van der Waals surface area contributed by atoms with Crippen molar-refractivity contribution in [2.24, 2.45) is 11.8 Å². The molecule has 32 heavy (non-hydrogen) atoms. The summed E-state index contributed by atoms with van der Waals surface area (Å²) in [5.74, 6) is 1.40. The number of ether oxygens (including phenoxy) is 2. The minimum absolute atomic E-state index is 0.00881. The van der Waals surface area contributed by atoms with E-state index in [0.29, 0.717) is 12.5 Å². The fourth-order valence-electron chi connectivity index (χ4n) is 5.29. The molecular formula is C25H32N4O3. The van der Waals surface area contributed by atoms with Gasteiger partial charge in [-0.15, -0.1) is 0 Å². The van der Waals surface area contributed by atoms with Crippen molar-refractivity contribution in [3.05, 3.63) is 42.1 Å². The number of nitrogens with one attached hydrogen (secondary N) is 1. The molecule has 7 nitrogen and oxygen atoms in total. The molecule has 0 spiro atoms. The van der Waals surface area contributed by atoms with Gasteiger partial charge in [-0.1, -0.05) is 13.0 Å². The Morgan fingerprint density at radius 3 is 2.84 bits per heavy atom. The van der Waals surface area contributed by atoms with Gasteiger partial charge < -0.3 is 24.6 Å². The second-order valence-electron chi connectivity index (χ2n) is 9.12. The first-order chi connectivity index (χ1) is 15.6. The number of methoxy groups -OCH3 is 1. The number of amides is 1. The monoisotopic (exact) mass is 436 g/mol. The average molecular weight is 437 g/mol. The highest BCUT2D eigenvalue weighted by molar-refractivity contribution is 6.00. The van der Waals surface area contributed by atoms with E-state index in [4.69, 9.17) is 9.47 Å². The highest BCUT2D eigenvalue weighted by Crippen LogP contribution is 2.40. The summed E-state index contributed by atoms with van der Waals surface area (Å²) in [5.41, 5.74) is 4.01. The predicted octanol–water partition coefficient (Wildman–Crippen LogP) is 3.96. The molecule has 3 atom stereocenters. The highest BCUT2D eigenvalue weighted by atomic mass is 16.5. The van der Waals surface area contributed by atoms with E-state index >= 15 is 0 Å². The molecule has 1 amide bonds. The number of morpholine rings is 1. The van der Waals surface area contributed by atoms with Crippen LogP contribution < -0.4 is 15.1 Å². The van der Waals surface area contributed by atoms with Crippen molar-refractivity contribution in [1.29, 1.82) is 0 Å².